The first-order valence-corrected chi connectivity index (χ1v) is 8.23. The van der Waals surface area contributed by atoms with Crippen LogP contribution < -0.4 is 10.0 Å². The van der Waals surface area contributed by atoms with E-state index in [-0.39, 0.29) is 4.90 Å². The van der Waals surface area contributed by atoms with Crippen LogP contribution in [-0.4, -0.2) is 27.0 Å². The minimum atomic E-state index is -3.42. The fourth-order valence-electron chi connectivity index (χ4n) is 2.47. The van der Waals surface area contributed by atoms with E-state index in [1.807, 2.05) is 0 Å². The predicted octanol–water partition coefficient (Wildman–Crippen LogP) is 1.98. The lowest BCUT2D eigenvalue weighted by atomic mass is 10.1. The number of sulfonamides is 1. The van der Waals surface area contributed by atoms with Gasteiger partial charge in [-0.3, -0.25) is 0 Å². The zero-order valence-electron chi connectivity index (χ0n) is 11.2. The second kappa shape index (κ2) is 6.34. The highest BCUT2D eigenvalue weighted by Gasteiger charge is 2.17. The van der Waals surface area contributed by atoms with E-state index in [0.29, 0.717) is 18.3 Å². The molecule has 6 heteroatoms. The molecule has 0 radical (unpaired) electrons. The summed E-state index contributed by atoms with van der Waals surface area (Å²) in [5.74, 6) is 1.34. The number of nitrogens with one attached hydrogen (secondary N) is 2. The second-order valence-corrected chi connectivity index (χ2v) is 6.73. The molecular formula is C13H21N3O2S. The largest absolute Gasteiger partial charge is 0.373 e. The molecule has 1 saturated carbocycles. The van der Waals surface area contributed by atoms with Crippen molar-refractivity contribution in [1.29, 1.82) is 0 Å². The van der Waals surface area contributed by atoms with Crippen LogP contribution in [0.5, 0.6) is 0 Å². The highest BCUT2D eigenvalue weighted by molar-refractivity contribution is 7.89. The number of hydrogen-bond donors (Lipinski definition) is 2. The van der Waals surface area contributed by atoms with E-state index in [1.165, 1.54) is 31.9 Å². The molecule has 1 aliphatic carbocycles. The lowest BCUT2D eigenvalue weighted by Crippen LogP contribution is -2.26. The van der Waals surface area contributed by atoms with Crippen molar-refractivity contribution in [2.45, 2.75) is 37.0 Å². The minimum Gasteiger partial charge on any atom is -0.373 e. The van der Waals surface area contributed by atoms with Gasteiger partial charge < -0.3 is 5.32 Å². The molecule has 1 aliphatic rings. The predicted molar refractivity (Wildman–Crippen MR) is 75.5 cm³/mol. The maximum atomic E-state index is 12.0. The first-order chi connectivity index (χ1) is 9.12. The van der Waals surface area contributed by atoms with E-state index in [0.717, 1.165) is 6.42 Å². The van der Waals surface area contributed by atoms with Gasteiger partial charge in [0.15, 0.2) is 0 Å². The van der Waals surface area contributed by atoms with Gasteiger partial charge in [-0.1, -0.05) is 25.7 Å². The van der Waals surface area contributed by atoms with Gasteiger partial charge in [0, 0.05) is 19.8 Å². The van der Waals surface area contributed by atoms with Gasteiger partial charge in [0.1, 0.15) is 10.7 Å². The Labute approximate surface area is 114 Å². The van der Waals surface area contributed by atoms with E-state index in [2.05, 4.69) is 15.0 Å². The van der Waals surface area contributed by atoms with Crippen LogP contribution in [0.25, 0.3) is 0 Å². The third-order valence-electron chi connectivity index (χ3n) is 3.62. The Morgan fingerprint density at radius 2 is 2.05 bits per heavy atom. The monoisotopic (exact) mass is 283 g/mol. The molecule has 0 bridgehead atoms. The van der Waals surface area contributed by atoms with Gasteiger partial charge in [-0.15, -0.1) is 0 Å². The highest BCUT2D eigenvalue weighted by atomic mass is 32.2. The molecule has 1 aromatic heterocycles. The quantitative estimate of drug-likeness (QED) is 0.837. The summed E-state index contributed by atoms with van der Waals surface area (Å²) in [6.07, 6.45) is 7.35. The van der Waals surface area contributed by atoms with E-state index in [9.17, 15) is 8.42 Å². The van der Waals surface area contributed by atoms with Gasteiger partial charge >= 0.3 is 0 Å². The Kier molecular flexibility index (Phi) is 4.76. The van der Waals surface area contributed by atoms with Gasteiger partial charge in [0.2, 0.25) is 10.0 Å². The van der Waals surface area contributed by atoms with Crippen LogP contribution in [0, 0.1) is 5.92 Å². The number of anilines is 1. The second-order valence-electron chi connectivity index (χ2n) is 4.97. The van der Waals surface area contributed by atoms with Gasteiger partial charge in [-0.2, -0.15) is 0 Å². The Balaban J connectivity index is 1.89. The Morgan fingerprint density at radius 3 is 2.63 bits per heavy atom. The molecule has 0 unspecified atom stereocenters. The molecule has 106 valence electrons. The molecule has 1 aromatic rings. The summed E-state index contributed by atoms with van der Waals surface area (Å²) < 4.78 is 26.7. The van der Waals surface area contributed by atoms with Crippen LogP contribution in [0.3, 0.4) is 0 Å². The molecule has 0 saturated heterocycles. The zero-order valence-corrected chi connectivity index (χ0v) is 12.0. The Morgan fingerprint density at radius 1 is 1.32 bits per heavy atom. The van der Waals surface area contributed by atoms with Crippen LogP contribution >= 0.6 is 0 Å². The molecule has 0 aromatic carbocycles. The summed E-state index contributed by atoms with van der Waals surface area (Å²) in [4.78, 5) is 4.24. The molecule has 2 rings (SSSR count). The average Bonchev–Trinajstić information content (AvgIpc) is 2.92. The fraction of sp³-hybridized carbons (Fsp3) is 0.615. The molecular weight excluding hydrogens is 262 g/mol. The van der Waals surface area contributed by atoms with Gasteiger partial charge in [0.05, 0.1) is 0 Å². The molecule has 5 nitrogen and oxygen atoms in total. The van der Waals surface area contributed by atoms with E-state index in [4.69, 9.17) is 0 Å². The van der Waals surface area contributed by atoms with Crippen LogP contribution in [0.15, 0.2) is 23.2 Å². The summed E-state index contributed by atoms with van der Waals surface area (Å²) >= 11 is 0. The van der Waals surface area contributed by atoms with E-state index in [1.54, 1.807) is 19.2 Å². The summed E-state index contributed by atoms with van der Waals surface area (Å²) in [7, 11) is -1.67. The average molecular weight is 283 g/mol. The molecule has 0 spiro atoms. The number of aromatic nitrogens is 1. The Hall–Kier alpha value is -1.14. The van der Waals surface area contributed by atoms with Crippen molar-refractivity contribution in [3.63, 3.8) is 0 Å². The number of hydrogen-bond acceptors (Lipinski definition) is 4. The Bertz CT molecular complexity index is 493. The molecule has 0 amide bonds. The highest BCUT2D eigenvalue weighted by Crippen LogP contribution is 2.27. The van der Waals surface area contributed by atoms with Crippen molar-refractivity contribution in [2.75, 3.05) is 18.9 Å². The van der Waals surface area contributed by atoms with Crippen molar-refractivity contribution >= 4 is 15.8 Å². The van der Waals surface area contributed by atoms with E-state index < -0.39 is 10.0 Å². The van der Waals surface area contributed by atoms with Crippen LogP contribution in [0.2, 0.25) is 0 Å². The topological polar surface area (TPSA) is 71.1 Å². The summed E-state index contributed by atoms with van der Waals surface area (Å²) in [6, 6.07) is 3.22. The van der Waals surface area contributed by atoms with Crippen LogP contribution in [0.1, 0.15) is 32.1 Å². The molecule has 19 heavy (non-hydrogen) atoms. The maximum absolute atomic E-state index is 12.0. The number of nitrogens with zero attached hydrogens (tertiary/aromatic N) is 1. The smallest absolute Gasteiger partial charge is 0.242 e. The lowest BCUT2D eigenvalue weighted by molar-refractivity contribution is 0.495. The van der Waals surface area contributed by atoms with Crippen molar-refractivity contribution in [1.82, 2.24) is 9.71 Å². The third-order valence-corrected chi connectivity index (χ3v) is 5.07. The van der Waals surface area contributed by atoms with Gasteiger partial charge in [-0.05, 0) is 24.5 Å². The molecule has 0 aliphatic heterocycles. The van der Waals surface area contributed by atoms with Gasteiger partial charge in [0.25, 0.3) is 0 Å². The van der Waals surface area contributed by atoms with Crippen molar-refractivity contribution in [2.24, 2.45) is 5.92 Å². The normalized spacial score (nSPS) is 16.7. The fourth-order valence-corrected chi connectivity index (χ4v) is 3.46. The lowest BCUT2D eigenvalue weighted by Gasteiger charge is -2.10. The number of rotatable bonds is 6. The SMILES string of the molecule is CNc1ccc(S(=O)(=O)NCCC2CCCC2)cn1. The number of pyridine rings is 1. The first kappa shape index (κ1) is 14.3. The standard InChI is InChI=1S/C13H21N3O2S/c1-14-13-7-6-12(10-15-13)19(17,18)16-9-8-11-4-2-3-5-11/h6-7,10-11,16H,2-5,8-9H2,1H3,(H,14,15). The van der Waals surface area contributed by atoms with Crippen molar-refractivity contribution in [3.8, 4) is 0 Å². The summed E-state index contributed by atoms with van der Waals surface area (Å²) in [5, 5.41) is 2.86. The molecule has 1 fully saturated rings. The van der Waals surface area contributed by atoms with E-state index >= 15 is 0 Å². The zero-order chi connectivity index (χ0) is 13.7. The van der Waals surface area contributed by atoms with Crippen molar-refractivity contribution < 1.29 is 8.42 Å². The van der Waals surface area contributed by atoms with Gasteiger partial charge in [-0.25, -0.2) is 18.1 Å². The molecule has 1 heterocycles. The van der Waals surface area contributed by atoms with Crippen molar-refractivity contribution in [3.05, 3.63) is 18.3 Å². The summed E-state index contributed by atoms with van der Waals surface area (Å²) in [5.41, 5.74) is 0. The first-order valence-electron chi connectivity index (χ1n) is 6.75. The van der Waals surface area contributed by atoms with Crippen LogP contribution in [0.4, 0.5) is 5.82 Å². The third kappa shape index (κ3) is 3.91. The molecule has 2 N–H and O–H groups in total. The molecule has 0 atom stereocenters. The minimum absolute atomic E-state index is 0.220. The van der Waals surface area contributed by atoms with Crippen LogP contribution in [-0.2, 0) is 10.0 Å². The summed E-state index contributed by atoms with van der Waals surface area (Å²) in [6.45, 7) is 0.515. The maximum Gasteiger partial charge on any atom is 0.242 e.